The van der Waals surface area contributed by atoms with Crippen molar-refractivity contribution in [2.24, 2.45) is 0 Å². The summed E-state index contributed by atoms with van der Waals surface area (Å²) in [6.07, 6.45) is 0.453. The number of carbonyl (C=O) groups is 3. The summed E-state index contributed by atoms with van der Waals surface area (Å²) < 4.78 is 0. The molecule has 0 aliphatic heterocycles. The predicted molar refractivity (Wildman–Crippen MR) is 122 cm³/mol. The average Bonchev–Trinajstić information content (AvgIpc) is 2.76. The third kappa shape index (κ3) is 7.66. The highest BCUT2D eigenvalue weighted by Gasteiger charge is 2.07. The van der Waals surface area contributed by atoms with Crippen LogP contribution < -0.4 is 21.3 Å². The van der Waals surface area contributed by atoms with E-state index in [9.17, 15) is 14.4 Å². The number of hydrogen-bond acceptors (Lipinski definition) is 3. The molecule has 0 atom stereocenters. The van der Waals surface area contributed by atoms with Gasteiger partial charge in [-0.3, -0.25) is 9.59 Å². The van der Waals surface area contributed by atoms with Crippen LogP contribution in [0.3, 0.4) is 0 Å². The van der Waals surface area contributed by atoms with E-state index in [-0.39, 0.29) is 37.2 Å². The normalized spacial score (nSPS) is 10.1. The van der Waals surface area contributed by atoms with Crippen molar-refractivity contribution in [1.29, 1.82) is 0 Å². The second kappa shape index (κ2) is 11.2. The van der Waals surface area contributed by atoms with E-state index >= 15 is 0 Å². The third-order valence-corrected chi connectivity index (χ3v) is 4.34. The van der Waals surface area contributed by atoms with Crippen LogP contribution in [-0.2, 0) is 16.0 Å². The van der Waals surface area contributed by atoms with Crippen molar-refractivity contribution in [3.8, 4) is 0 Å². The summed E-state index contributed by atoms with van der Waals surface area (Å²) in [5, 5.41) is 11.0. The Labute approximate surface area is 180 Å². The molecule has 0 aliphatic carbocycles. The van der Waals surface area contributed by atoms with Gasteiger partial charge in [0.25, 0.3) is 0 Å². The van der Waals surface area contributed by atoms with Gasteiger partial charge in [-0.1, -0.05) is 48.5 Å². The first kappa shape index (κ1) is 21.6. The van der Waals surface area contributed by atoms with Crippen LogP contribution in [0.5, 0.6) is 0 Å². The summed E-state index contributed by atoms with van der Waals surface area (Å²) in [7, 11) is 0. The second-order valence-corrected chi connectivity index (χ2v) is 6.83. The van der Waals surface area contributed by atoms with Gasteiger partial charge in [-0.15, -0.1) is 0 Å². The van der Waals surface area contributed by atoms with Gasteiger partial charge in [0.15, 0.2) is 0 Å². The van der Waals surface area contributed by atoms with Crippen molar-refractivity contribution in [2.45, 2.75) is 12.8 Å². The molecule has 0 saturated heterocycles. The molecule has 3 rings (SSSR count). The van der Waals surface area contributed by atoms with Gasteiger partial charge in [0.05, 0.1) is 6.42 Å². The molecule has 4 N–H and O–H groups in total. The minimum atomic E-state index is -0.353. The molecule has 3 aromatic carbocycles. The Hall–Kier alpha value is -4.13. The summed E-state index contributed by atoms with van der Waals surface area (Å²) in [5.41, 5.74) is 2.82. The molecule has 31 heavy (non-hydrogen) atoms. The average molecular weight is 416 g/mol. The quantitative estimate of drug-likeness (QED) is 0.446. The highest BCUT2D eigenvalue weighted by Crippen LogP contribution is 2.14. The molecule has 0 unspecified atom stereocenters. The molecule has 7 nitrogen and oxygen atoms in total. The van der Waals surface area contributed by atoms with E-state index in [1.165, 1.54) is 0 Å². The number of urea groups is 1. The first-order chi connectivity index (χ1) is 15.1. The Morgan fingerprint density at radius 1 is 0.581 bits per heavy atom. The molecular formula is C24H24N4O3. The van der Waals surface area contributed by atoms with Crippen LogP contribution in [0.2, 0.25) is 0 Å². The van der Waals surface area contributed by atoms with E-state index in [0.717, 1.165) is 5.56 Å². The molecule has 0 spiro atoms. The highest BCUT2D eigenvalue weighted by molar-refractivity contribution is 6.00. The lowest BCUT2D eigenvalue weighted by Gasteiger charge is -2.09. The van der Waals surface area contributed by atoms with Crippen molar-refractivity contribution in [3.63, 3.8) is 0 Å². The first-order valence-electron chi connectivity index (χ1n) is 9.92. The summed E-state index contributed by atoms with van der Waals surface area (Å²) in [6.45, 7) is 0.261. The van der Waals surface area contributed by atoms with Gasteiger partial charge in [0.2, 0.25) is 11.8 Å². The number of anilines is 3. The summed E-state index contributed by atoms with van der Waals surface area (Å²) in [5.74, 6) is -0.328. The standard InChI is InChI=1S/C24H24N4O3/c29-22(15-16-25-23(30)17-18-7-3-1-4-8-18)26-20-11-13-21(14-12-20)28-24(31)27-19-9-5-2-6-10-19/h1-14H,15-17H2,(H,25,30)(H,26,29)(H2,27,28,31). The number of rotatable bonds is 8. The molecule has 0 heterocycles. The van der Waals surface area contributed by atoms with Gasteiger partial charge in [-0.05, 0) is 42.0 Å². The maximum absolute atomic E-state index is 12.1. The topological polar surface area (TPSA) is 99.3 Å². The number of benzene rings is 3. The number of nitrogens with one attached hydrogen (secondary N) is 4. The van der Waals surface area contributed by atoms with Crippen LogP contribution in [0.4, 0.5) is 21.9 Å². The van der Waals surface area contributed by atoms with Gasteiger partial charge in [0, 0.05) is 30.0 Å². The van der Waals surface area contributed by atoms with Gasteiger partial charge >= 0.3 is 6.03 Å². The second-order valence-electron chi connectivity index (χ2n) is 6.83. The number of hydrogen-bond donors (Lipinski definition) is 4. The van der Waals surface area contributed by atoms with Crippen LogP contribution in [0, 0.1) is 0 Å². The largest absolute Gasteiger partial charge is 0.355 e. The van der Waals surface area contributed by atoms with Crippen LogP contribution >= 0.6 is 0 Å². The summed E-state index contributed by atoms with van der Waals surface area (Å²) in [4.78, 5) is 36.0. The van der Waals surface area contributed by atoms with Gasteiger partial charge in [-0.2, -0.15) is 0 Å². The zero-order valence-electron chi connectivity index (χ0n) is 16.9. The van der Waals surface area contributed by atoms with E-state index in [2.05, 4.69) is 21.3 Å². The van der Waals surface area contributed by atoms with E-state index in [0.29, 0.717) is 17.1 Å². The van der Waals surface area contributed by atoms with E-state index in [1.807, 2.05) is 48.5 Å². The molecule has 158 valence electrons. The minimum Gasteiger partial charge on any atom is -0.355 e. The zero-order chi connectivity index (χ0) is 21.9. The molecule has 0 aromatic heterocycles. The van der Waals surface area contributed by atoms with Crippen LogP contribution in [0.15, 0.2) is 84.9 Å². The maximum Gasteiger partial charge on any atom is 0.323 e. The molecular weight excluding hydrogens is 392 g/mol. The molecule has 7 heteroatoms. The van der Waals surface area contributed by atoms with Crippen molar-refractivity contribution in [3.05, 3.63) is 90.5 Å². The van der Waals surface area contributed by atoms with Crippen molar-refractivity contribution < 1.29 is 14.4 Å². The SMILES string of the molecule is O=C(Cc1ccccc1)NCCC(=O)Nc1ccc(NC(=O)Nc2ccccc2)cc1. The number of amides is 4. The van der Waals surface area contributed by atoms with Gasteiger partial charge in [-0.25, -0.2) is 4.79 Å². The fourth-order valence-corrected chi connectivity index (χ4v) is 2.83. The lowest BCUT2D eigenvalue weighted by molar-refractivity contribution is -0.120. The fourth-order valence-electron chi connectivity index (χ4n) is 2.83. The van der Waals surface area contributed by atoms with E-state index in [4.69, 9.17) is 0 Å². The Morgan fingerprint density at radius 3 is 1.71 bits per heavy atom. The lowest BCUT2D eigenvalue weighted by Crippen LogP contribution is -2.28. The lowest BCUT2D eigenvalue weighted by atomic mass is 10.1. The smallest absolute Gasteiger partial charge is 0.323 e. The molecule has 0 radical (unpaired) electrons. The predicted octanol–water partition coefficient (Wildman–Crippen LogP) is 4.02. The maximum atomic E-state index is 12.1. The Bertz CT molecular complexity index is 1010. The van der Waals surface area contributed by atoms with Gasteiger partial charge < -0.3 is 21.3 Å². The number of carbonyl (C=O) groups excluding carboxylic acids is 3. The summed E-state index contributed by atoms with van der Waals surface area (Å²) >= 11 is 0. The third-order valence-electron chi connectivity index (χ3n) is 4.34. The molecule has 0 fully saturated rings. The van der Waals surface area contributed by atoms with E-state index in [1.54, 1.807) is 36.4 Å². The molecule has 4 amide bonds. The van der Waals surface area contributed by atoms with Gasteiger partial charge in [0.1, 0.15) is 0 Å². The Kier molecular flexibility index (Phi) is 7.77. The van der Waals surface area contributed by atoms with Crippen molar-refractivity contribution >= 4 is 34.9 Å². The molecule has 0 bridgehead atoms. The molecule has 3 aromatic rings. The summed E-state index contributed by atoms with van der Waals surface area (Å²) in [6, 6.07) is 25.0. The molecule has 0 saturated carbocycles. The monoisotopic (exact) mass is 416 g/mol. The van der Waals surface area contributed by atoms with Crippen LogP contribution in [0.1, 0.15) is 12.0 Å². The highest BCUT2D eigenvalue weighted by atomic mass is 16.2. The zero-order valence-corrected chi connectivity index (χ0v) is 16.9. The Morgan fingerprint density at radius 2 is 1.10 bits per heavy atom. The minimum absolute atomic E-state index is 0.122. The molecule has 0 aliphatic rings. The fraction of sp³-hybridized carbons (Fsp3) is 0.125. The van der Waals surface area contributed by atoms with E-state index < -0.39 is 0 Å². The van der Waals surface area contributed by atoms with Crippen LogP contribution in [-0.4, -0.2) is 24.4 Å². The Balaban J connectivity index is 1.37. The first-order valence-corrected chi connectivity index (χ1v) is 9.92. The van der Waals surface area contributed by atoms with Crippen LogP contribution in [0.25, 0.3) is 0 Å². The van der Waals surface area contributed by atoms with Crippen molar-refractivity contribution in [2.75, 3.05) is 22.5 Å². The number of para-hydroxylation sites is 1. The van der Waals surface area contributed by atoms with Crippen molar-refractivity contribution in [1.82, 2.24) is 5.32 Å².